The van der Waals surface area contributed by atoms with Crippen molar-refractivity contribution in [2.24, 2.45) is 29.6 Å². The highest BCUT2D eigenvalue weighted by Gasteiger charge is 2.27. The third-order valence-electron chi connectivity index (χ3n) is 28.1. The third-order valence-corrected chi connectivity index (χ3v) is 32.7. The number of thiophene rings is 4. The number of carbonyl (C=O) groups excluding carboxylic acids is 4. The number of benzene rings is 8. The van der Waals surface area contributed by atoms with Gasteiger partial charge in [-0.05, 0) is 322 Å². The highest BCUT2D eigenvalue weighted by atomic mass is 32.1. The monoisotopic (exact) mass is 2030 g/mol. The van der Waals surface area contributed by atoms with Crippen LogP contribution >= 0.6 is 45.3 Å². The normalized spacial score (nSPS) is 16.5. The number of aromatic nitrogens is 8. The molecule has 19 rings (SSSR count). The molecular weight excluding hydrogens is 1900 g/mol. The molecule has 0 amide bonds. The van der Waals surface area contributed by atoms with E-state index in [2.05, 4.69) is 195 Å². The molecule has 0 bridgehead atoms. The Morgan fingerprint density at radius 1 is 0.313 bits per heavy atom. The van der Waals surface area contributed by atoms with Gasteiger partial charge in [0.2, 0.25) is 23.8 Å². The van der Waals surface area contributed by atoms with Crippen LogP contribution in [-0.4, -0.2) is 97.6 Å². The summed E-state index contributed by atoms with van der Waals surface area (Å²) in [6, 6.07) is 97.7. The van der Waals surface area contributed by atoms with Crippen LogP contribution in [0.5, 0.6) is 0 Å². The predicted octanol–water partition coefficient (Wildman–Crippen LogP) is 30.6. The number of aliphatic hydroxyl groups is 3. The van der Waals surface area contributed by atoms with Crippen LogP contribution < -0.4 is 21.3 Å². The summed E-state index contributed by atoms with van der Waals surface area (Å²) < 4.78 is 0. The maximum Gasteiger partial charge on any atom is 0.227 e. The zero-order valence-corrected chi connectivity index (χ0v) is 87.8. The van der Waals surface area contributed by atoms with E-state index >= 15 is 0 Å². The number of nitrogens with one attached hydrogen (secondary N) is 4. The predicted molar refractivity (Wildman–Crippen MR) is 603 cm³/mol. The standard InChI is InChI=1S/C33H37N3O2S.C32H35N3OS.C31H33N3O2S.C28H29N3O2S/c1-23(27-7-3-2-4-8-27)20-30(38)32-15-14-31(39-32)29-16-18-34-33(36-29)35-28-9-5-6-26(22-28)21-25-12-10-24(11-13-25)17-19-37;1-22-11-13-24(14-12-22)20-25-7-6-10-27(21-25)34-32-33-18-17-28(35-32)30-15-16-31(37-30)29(36)19-23(2)26-8-4-3-5-9-26;35-26-14-12-23(13-15-26)20-24-9-4-10-25(21-24)33-31-32-19-18-27(34-31)29-16-17-30(37-29)28(36)11-5-8-22-6-2-1-3-7-22;1-20(22-10-3-2-4-11-22)18-25(33)27-14-13-26(34-27)24-15-16-29-28(31-24)30-23-12-7-9-21(19-23)8-5-6-17-32/h2-9,14-16,18,22-25,37H,10-13,17,19-21H2,1H3,(H,34,35,36);3-10,15-18,21-24H,11-14,19-20H2,1-2H3,(H,33,34,35);1-4,6-7,9-10,16-19,21,23,26,35H,5,8,11-15,20H2,(H,32,33,34);2-4,7,9-16,19-20,32H,5-6,8,17-18H2,1H3,(H,29,30,31)/t23-,24?,25?;22?,23-,24?;;20-/m00.0/s1. The van der Waals surface area contributed by atoms with E-state index in [1.807, 2.05) is 170 Å². The fourth-order valence-electron chi connectivity index (χ4n) is 19.7. The Hall–Kier alpha value is -13.4. The van der Waals surface area contributed by atoms with E-state index in [0.717, 1.165) is 180 Å². The number of hydrogen-bond donors (Lipinski definition) is 7. The number of Topliss-reactive ketones (excluding diaryl/α,β-unsaturated/α-hetero) is 4. The van der Waals surface area contributed by atoms with E-state index in [-0.39, 0.29) is 53.6 Å². The summed E-state index contributed by atoms with van der Waals surface area (Å²) in [5.74, 6) is 7.09. The van der Waals surface area contributed by atoms with Crippen LogP contribution in [0.15, 0.2) is 316 Å². The lowest BCUT2D eigenvalue weighted by Gasteiger charge is -2.28. The summed E-state index contributed by atoms with van der Waals surface area (Å²) >= 11 is 5.95. The molecule has 23 heteroatoms. The van der Waals surface area contributed by atoms with Crippen LogP contribution in [0.25, 0.3) is 42.3 Å². The van der Waals surface area contributed by atoms with Crippen LogP contribution in [0.2, 0.25) is 0 Å². The van der Waals surface area contributed by atoms with Gasteiger partial charge in [-0.15, -0.1) is 45.3 Å². The molecule has 8 aromatic carbocycles. The zero-order valence-electron chi connectivity index (χ0n) is 84.5. The maximum atomic E-state index is 13.0. The maximum absolute atomic E-state index is 13.0. The molecule has 3 aliphatic rings. The first kappa shape index (κ1) is 106. The molecule has 0 spiro atoms. The summed E-state index contributed by atoms with van der Waals surface area (Å²) in [6.07, 6.45) is 31.8. The highest BCUT2D eigenvalue weighted by Crippen LogP contribution is 2.40. The number of anilines is 8. The van der Waals surface area contributed by atoms with Gasteiger partial charge in [-0.3, -0.25) is 19.2 Å². The first-order valence-electron chi connectivity index (χ1n) is 52.2. The van der Waals surface area contributed by atoms with E-state index in [1.165, 1.54) is 141 Å². The topological polar surface area (TPSA) is 280 Å². The van der Waals surface area contributed by atoms with Crippen molar-refractivity contribution in [3.63, 3.8) is 0 Å². The average molecular weight is 2030 g/mol. The van der Waals surface area contributed by atoms with E-state index < -0.39 is 0 Å². The van der Waals surface area contributed by atoms with Gasteiger partial charge in [0.15, 0.2) is 23.1 Å². The largest absolute Gasteiger partial charge is 0.396 e. The van der Waals surface area contributed by atoms with Crippen molar-refractivity contribution in [1.82, 2.24) is 39.9 Å². The lowest BCUT2D eigenvalue weighted by molar-refractivity contribution is 0.0971. The summed E-state index contributed by atoms with van der Waals surface area (Å²) in [5, 5.41) is 41.4. The van der Waals surface area contributed by atoms with Gasteiger partial charge < -0.3 is 36.6 Å². The van der Waals surface area contributed by atoms with Crippen molar-refractivity contribution in [3.8, 4) is 42.3 Å². The minimum atomic E-state index is -0.120. The molecule has 147 heavy (non-hydrogen) atoms. The van der Waals surface area contributed by atoms with Gasteiger partial charge in [-0.2, -0.15) is 0 Å². The molecular formula is C124H134N12O7S4. The Labute approximate surface area is 881 Å². The SMILES string of the molecule is CC1CCC(Cc2cccc(Nc3nccc(-c4ccc(C(=O)C[C@H](C)c5ccccc5)s4)n3)c2)CC1.C[C@@H](CC(=O)c1ccc(-c2ccnc(Nc3cccc(CC4CCC(CCO)CC4)c3)n2)s1)c1ccccc1.C[C@@H](CC(=O)c1ccc(-c2ccnc(Nc3cccc(CCCCO)c3)n2)s1)c1ccccc1.O=C(CCCc1ccccc1)c1ccc(-c2ccnc(Nc3cccc(CC4CCC(O)CC4)c3)n2)s1. The van der Waals surface area contributed by atoms with E-state index in [1.54, 1.807) is 24.8 Å². The summed E-state index contributed by atoms with van der Waals surface area (Å²) in [7, 11) is 0. The number of aliphatic hydroxyl groups excluding tert-OH is 3. The van der Waals surface area contributed by atoms with Crippen LogP contribution in [0, 0.1) is 29.6 Å². The molecule has 3 aliphatic carbocycles. The second-order valence-corrected chi connectivity index (χ2v) is 43.9. The van der Waals surface area contributed by atoms with Gasteiger partial charge in [0.1, 0.15) is 0 Å². The van der Waals surface area contributed by atoms with Crippen LogP contribution in [0.1, 0.15) is 257 Å². The third kappa shape index (κ3) is 32.8. The van der Waals surface area contributed by atoms with Gasteiger partial charge in [-0.1, -0.05) is 223 Å². The molecule has 7 N–H and O–H groups in total. The first-order chi connectivity index (χ1) is 71.8. The average Bonchev–Trinajstić information content (AvgIpc) is 1.73. The van der Waals surface area contributed by atoms with Crippen LogP contribution in [0.4, 0.5) is 46.5 Å². The van der Waals surface area contributed by atoms with Crippen molar-refractivity contribution >= 4 is 115 Å². The summed E-state index contributed by atoms with van der Waals surface area (Å²) in [4.78, 5) is 94.9. The molecule has 3 atom stereocenters. The molecule has 0 aliphatic heterocycles. The Kier molecular flexibility index (Phi) is 39.7. The Balaban J connectivity index is 0.000000140. The Morgan fingerprint density at radius 2 is 0.612 bits per heavy atom. The summed E-state index contributed by atoms with van der Waals surface area (Å²) in [5.41, 5.74) is 17.1. The summed E-state index contributed by atoms with van der Waals surface area (Å²) in [6.45, 7) is 9.20. The molecule has 0 saturated heterocycles. The highest BCUT2D eigenvalue weighted by molar-refractivity contribution is 7.18. The van der Waals surface area contributed by atoms with Gasteiger partial charge in [-0.25, -0.2) is 39.9 Å². The number of ketones is 4. The van der Waals surface area contributed by atoms with Crippen LogP contribution in [0.3, 0.4) is 0 Å². The number of unbranched alkanes of at least 4 members (excludes halogenated alkanes) is 1. The second kappa shape index (κ2) is 54.9. The Bertz CT molecular complexity index is 6850. The number of rotatable bonds is 41. The zero-order chi connectivity index (χ0) is 102. The van der Waals surface area contributed by atoms with Gasteiger partial charge in [0, 0.05) is 86.4 Å². The molecule has 0 radical (unpaired) electrons. The number of carbonyl (C=O) groups is 4. The molecule has 3 saturated carbocycles. The van der Waals surface area contributed by atoms with Gasteiger partial charge in [0.25, 0.3) is 0 Å². The van der Waals surface area contributed by atoms with Crippen molar-refractivity contribution < 1.29 is 34.5 Å². The minimum Gasteiger partial charge on any atom is -0.396 e. The molecule has 8 heterocycles. The second-order valence-electron chi connectivity index (χ2n) is 39.6. The minimum absolute atomic E-state index is 0.120. The fourth-order valence-corrected chi connectivity index (χ4v) is 23.4. The van der Waals surface area contributed by atoms with Gasteiger partial charge in [0.05, 0.1) is 67.9 Å². The van der Waals surface area contributed by atoms with E-state index in [0.29, 0.717) is 73.8 Å². The van der Waals surface area contributed by atoms with Crippen molar-refractivity contribution in [3.05, 3.63) is 380 Å². The van der Waals surface area contributed by atoms with Crippen molar-refractivity contribution in [2.75, 3.05) is 34.5 Å². The number of hydrogen-bond acceptors (Lipinski definition) is 23. The lowest BCUT2D eigenvalue weighted by Crippen LogP contribution is -2.19. The van der Waals surface area contributed by atoms with Crippen LogP contribution in [-0.2, 0) is 32.1 Å². The number of aryl methyl sites for hydroxylation is 2. The van der Waals surface area contributed by atoms with Crippen molar-refractivity contribution in [2.45, 2.75) is 212 Å². The molecule has 3 fully saturated rings. The molecule has 756 valence electrons. The molecule has 19 nitrogen and oxygen atoms in total. The molecule has 16 aromatic rings. The number of nitrogens with zero attached hydrogens (tertiary/aromatic N) is 8. The quantitative estimate of drug-likeness (QED) is 0.0138. The molecule has 8 aromatic heterocycles. The Morgan fingerprint density at radius 3 is 0.959 bits per heavy atom. The fraction of sp³-hybridized carbons (Fsp3) is 0.323. The first-order valence-corrected chi connectivity index (χ1v) is 55.5. The lowest BCUT2D eigenvalue weighted by atomic mass is 9.78. The van der Waals surface area contributed by atoms with Gasteiger partial charge >= 0.3 is 0 Å². The van der Waals surface area contributed by atoms with Crippen molar-refractivity contribution in [1.29, 1.82) is 0 Å². The smallest absolute Gasteiger partial charge is 0.227 e. The van der Waals surface area contributed by atoms with E-state index in [9.17, 15) is 29.4 Å². The molecule has 0 unspecified atom stereocenters. The van der Waals surface area contributed by atoms with E-state index in [4.69, 9.17) is 20.1 Å².